The lowest BCUT2D eigenvalue weighted by Crippen LogP contribution is -2.38. The van der Waals surface area contributed by atoms with Gasteiger partial charge in [-0.2, -0.15) is 0 Å². The predicted molar refractivity (Wildman–Crippen MR) is 149 cm³/mol. The number of hydrogen-bond acceptors (Lipinski definition) is 5. The van der Waals surface area contributed by atoms with Crippen LogP contribution in [0, 0.1) is 0 Å². The van der Waals surface area contributed by atoms with Crippen LogP contribution >= 0.6 is 23.5 Å². The van der Waals surface area contributed by atoms with Crippen LogP contribution in [0.25, 0.3) is 0 Å². The molecule has 3 rings (SSSR count). The monoisotopic (exact) mass is 520 g/mol. The van der Waals surface area contributed by atoms with Crippen LogP contribution in [0.3, 0.4) is 0 Å². The third-order valence-corrected chi connectivity index (χ3v) is 10.2. The summed E-state index contributed by atoms with van der Waals surface area (Å²) in [5, 5.41) is 6.72. The highest BCUT2D eigenvalue weighted by Crippen LogP contribution is 2.44. The molecule has 2 heterocycles. The van der Waals surface area contributed by atoms with Gasteiger partial charge >= 0.3 is 12.0 Å². The first-order valence-corrected chi connectivity index (χ1v) is 15.7. The molecule has 4 atom stereocenters. The van der Waals surface area contributed by atoms with Gasteiger partial charge in [-0.25, -0.2) is 4.79 Å². The number of esters is 1. The van der Waals surface area contributed by atoms with Crippen LogP contribution in [0.5, 0.6) is 0 Å². The minimum atomic E-state index is -0.129. The molecule has 0 radical (unpaired) electrons. The standard InChI is InChI=1S/C28H44N2O3S2/c1-2-3-4-5-6-7-8-9-15-20-34-27-26-25(29-28(32)30-26)23(35-27)18-13-14-19-24(31)33-21-22-16-11-10-12-17-22/h10-12,16-17,23,25-27H,2-9,13-15,18-21H2,1H3,(H2,29,30,32)/t23-,25+,26+,27+/m0/s1. The third-order valence-electron chi connectivity index (χ3n) is 6.88. The molecule has 1 aromatic carbocycles. The Labute approximate surface area is 220 Å². The zero-order valence-electron chi connectivity index (χ0n) is 21.3. The molecule has 0 aliphatic carbocycles. The largest absolute Gasteiger partial charge is 0.461 e. The molecule has 196 valence electrons. The summed E-state index contributed by atoms with van der Waals surface area (Å²) in [7, 11) is 0. The summed E-state index contributed by atoms with van der Waals surface area (Å²) >= 11 is 4.04. The van der Waals surface area contributed by atoms with Gasteiger partial charge in [0.25, 0.3) is 0 Å². The van der Waals surface area contributed by atoms with Crippen LogP contribution in [-0.4, -0.2) is 39.7 Å². The molecule has 0 spiro atoms. The topological polar surface area (TPSA) is 67.4 Å². The Balaban J connectivity index is 1.26. The molecule has 1 aromatic rings. The molecule has 2 N–H and O–H groups in total. The maximum atomic E-state index is 12.1. The minimum absolute atomic E-state index is 0.0246. The average Bonchev–Trinajstić information content (AvgIpc) is 3.40. The van der Waals surface area contributed by atoms with Crippen molar-refractivity contribution in [3.8, 4) is 0 Å². The fourth-order valence-corrected chi connectivity index (χ4v) is 8.39. The van der Waals surface area contributed by atoms with Crippen molar-refractivity contribution in [3.05, 3.63) is 35.9 Å². The molecule has 2 aliphatic heterocycles. The van der Waals surface area contributed by atoms with E-state index in [1.807, 2.05) is 53.9 Å². The van der Waals surface area contributed by atoms with Crippen molar-refractivity contribution in [3.63, 3.8) is 0 Å². The number of rotatable bonds is 18. The number of hydrogen-bond donors (Lipinski definition) is 2. The average molecular weight is 521 g/mol. The van der Waals surface area contributed by atoms with E-state index >= 15 is 0 Å². The summed E-state index contributed by atoms with van der Waals surface area (Å²) < 4.78 is 5.81. The fourth-order valence-electron chi connectivity index (χ4n) is 4.85. The van der Waals surface area contributed by atoms with Crippen molar-refractivity contribution in [1.82, 2.24) is 10.6 Å². The molecule has 7 heteroatoms. The molecule has 2 aliphatic rings. The van der Waals surface area contributed by atoms with Gasteiger partial charge in [-0.15, -0.1) is 23.5 Å². The number of benzene rings is 1. The number of ether oxygens (including phenoxy) is 1. The number of fused-ring (bicyclic) bond motifs is 1. The van der Waals surface area contributed by atoms with Crippen molar-refractivity contribution < 1.29 is 14.3 Å². The molecule has 0 bridgehead atoms. The number of urea groups is 1. The zero-order valence-corrected chi connectivity index (χ0v) is 23.0. The number of unbranched alkanes of at least 4 members (excludes halogenated alkanes) is 9. The summed E-state index contributed by atoms with van der Waals surface area (Å²) in [6, 6.07) is 10.2. The van der Waals surface area contributed by atoms with Crippen molar-refractivity contribution in [2.45, 2.75) is 119 Å². The van der Waals surface area contributed by atoms with E-state index in [-0.39, 0.29) is 24.1 Å². The van der Waals surface area contributed by atoms with Crippen LogP contribution in [0.15, 0.2) is 30.3 Å². The van der Waals surface area contributed by atoms with Crippen molar-refractivity contribution >= 4 is 35.5 Å². The Bertz CT molecular complexity index is 749. The highest BCUT2D eigenvalue weighted by molar-refractivity contribution is 8.17. The Hall–Kier alpha value is -1.34. The van der Waals surface area contributed by atoms with Gasteiger partial charge in [-0.1, -0.05) is 95.0 Å². The van der Waals surface area contributed by atoms with E-state index in [1.165, 1.54) is 63.5 Å². The van der Waals surface area contributed by atoms with Gasteiger partial charge in [-0.3, -0.25) is 4.79 Å². The van der Waals surface area contributed by atoms with Crippen molar-refractivity contribution in [2.24, 2.45) is 0 Å². The molecule has 5 nitrogen and oxygen atoms in total. The first-order valence-electron chi connectivity index (χ1n) is 13.7. The van der Waals surface area contributed by atoms with Crippen LogP contribution in [0.4, 0.5) is 4.79 Å². The number of amides is 2. The molecule has 0 unspecified atom stereocenters. The van der Waals surface area contributed by atoms with E-state index in [2.05, 4.69) is 17.6 Å². The lowest BCUT2D eigenvalue weighted by Gasteiger charge is -2.16. The molecule has 2 fully saturated rings. The van der Waals surface area contributed by atoms with Crippen molar-refractivity contribution in [2.75, 3.05) is 5.75 Å². The second-order valence-corrected chi connectivity index (χ2v) is 12.7. The maximum Gasteiger partial charge on any atom is 0.315 e. The highest BCUT2D eigenvalue weighted by atomic mass is 32.2. The SMILES string of the molecule is CCCCCCCCCCCS[C@@H]1S[C@@H](CCCCC(=O)OCc2ccccc2)[C@H]2NC(=O)N[C@@H]12. The Morgan fingerprint density at radius 3 is 2.34 bits per heavy atom. The summed E-state index contributed by atoms with van der Waals surface area (Å²) in [5.41, 5.74) is 1.02. The van der Waals surface area contributed by atoms with Crippen LogP contribution in [0.2, 0.25) is 0 Å². The quantitative estimate of drug-likeness (QED) is 0.123. The molecule has 2 amide bonds. The van der Waals surface area contributed by atoms with Gasteiger partial charge in [0.15, 0.2) is 0 Å². The Kier molecular flexibility index (Phi) is 13.2. The Morgan fingerprint density at radius 1 is 0.914 bits per heavy atom. The number of nitrogens with one attached hydrogen (secondary N) is 2. The smallest absolute Gasteiger partial charge is 0.315 e. The van der Waals surface area contributed by atoms with Gasteiger partial charge in [0, 0.05) is 11.7 Å². The molecule has 0 saturated carbocycles. The lowest BCUT2D eigenvalue weighted by molar-refractivity contribution is -0.145. The third kappa shape index (κ3) is 10.3. The molecule has 35 heavy (non-hydrogen) atoms. The van der Waals surface area contributed by atoms with Gasteiger partial charge in [-0.05, 0) is 30.6 Å². The van der Waals surface area contributed by atoms with E-state index in [0.29, 0.717) is 22.9 Å². The van der Waals surface area contributed by atoms with E-state index in [4.69, 9.17) is 4.74 Å². The number of carbonyl (C=O) groups excluding carboxylic acids is 2. The summed E-state index contributed by atoms with van der Waals surface area (Å²) in [4.78, 5) is 24.1. The van der Waals surface area contributed by atoms with Crippen LogP contribution in [0.1, 0.15) is 96.0 Å². The Morgan fingerprint density at radius 2 is 1.60 bits per heavy atom. The molecular weight excluding hydrogens is 476 g/mol. The molecule has 0 aromatic heterocycles. The second kappa shape index (κ2) is 16.4. The summed E-state index contributed by atoms with van der Waals surface area (Å²) in [5.74, 6) is 1.04. The normalized spacial score (nSPS) is 23.1. The fraction of sp³-hybridized carbons (Fsp3) is 0.714. The van der Waals surface area contributed by atoms with E-state index in [0.717, 1.165) is 24.8 Å². The number of thioether (sulfide) groups is 2. The first kappa shape index (κ1) is 28.2. The van der Waals surface area contributed by atoms with Gasteiger partial charge < -0.3 is 15.4 Å². The first-order chi connectivity index (χ1) is 17.2. The predicted octanol–water partition coefficient (Wildman–Crippen LogP) is 7.05. The molecular formula is C28H44N2O3S2. The molecule has 2 saturated heterocycles. The van der Waals surface area contributed by atoms with Gasteiger partial charge in [0.05, 0.1) is 16.7 Å². The van der Waals surface area contributed by atoms with E-state index in [9.17, 15) is 9.59 Å². The summed E-state index contributed by atoms with van der Waals surface area (Å²) in [6.07, 6.45) is 15.5. The van der Waals surface area contributed by atoms with Crippen molar-refractivity contribution in [1.29, 1.82) is 0 Å². The van der Waals surface area contributed by atoms with Crippen LogP contribution in [-0.2, 0) is 16.1 Å². The number of carbonyl (C=O) groups is 2. The van der Waals surface area contributed by atoms with E-state index in [1.54, 1.807) is 0 Å². The van der Waals surface area contributed by atoms with E-state index < -0.39 is 0 Å². The summed E-state index contributed by atoms with van der Waals surface area (Å²) in [6.45, 7) is 2.61. The minimum Gasteiger partial charge on any atom is -0.461 e. The highest BCUT2D eigenvalue weighted by Gasteiger charge is 2.48. The zero-order chi connectivity index (χ0) is 24.7. The maximum absolute atomic E-state index is 12.1. The second-order valence-electron chi connectivity index (χ2n) is 9.80. The van der Waals surface area contributed by atoms with Crippen LogP contribution < -0.4 is 10.6 Å². The van der Waals surface area contributed by atoms with Gasteiger partial charge in [0.1, 0.15) is 6.61 Å². The lowest BCUT2D eigenvalue weighted by atomic mass is 10.0. The van der Waals surface area contributed by atoms with Gasteiger partial charge in [0.2, 0.25) is 0 Å².